The van der Waals surface area contributed by atoms with Crippen LogP contribution in [0.2, 0.25) is 0 Å². The van der Waals surface area contributed by atoms with Crippen LogP contribution in [0.5, 0.6) is 0 Å². The largest absolute Gasteiger partial charge is 0.398 e. The standard InChI is InChI=1S/C13H17N3O2/c1-8-6-12(18)15-16-13(8)10-3-2-9(4-5-17)7-11(10)14/h2-3,7-8,17H,4-6,14H2,1H3,(H,15,18). The number of nitrogen functional groups attached to an aromatic ring is 1. The molecular formula is C13H17N3O2. The third-order valence-electron chi connectivity index (χ3n) is 3.05. The molecule has 2 rings (SSSR count). The molecule has 0 fully saturated rings. The molecule has 0 saturated heterocycles. The zero-order valence-electron chi connectivity index (χ0n) is 10.3. The molecule has 96 valence electrons. The van der Waals surface area contributed by atoms with Crippen molar-refractivity contribution in [2.75, 3.05) is 12.3 Å². The topological polar surface area (TPSA) is 87.7 Å². The van der Waals surface area contributed by atoms with E-state index in [4.69, 9.17) is 10.8 Å². The summed E-state index contributed by atoms with van der Waals surface area (Å²) in [5.41, 5.74) is 11.8. The van der Waals surface area contributed by atoms with Crippen molar-refractivity contribution in [2.45, 2.75) is 19.8 Å². The number of aliphatic hydroxyl groups excluding tert-OH is 1. The van der Waals surface area contributed by atoms with E-state index in [0.717, 1.165) is 16.8 Å². The number of nitrogens with two attached hydrogens (primary N) is 1. The molecule has 1 aliphatic heterocycles. The Morgan fingerprint density at radius 2 is 2.33 bits per heavy atom. The van der Waals surface area contributed by atoms with Crippen LogP contribution in [0.25, 0.3) is 0 Å². The molecule has 4 N–H and O–H groups in total. The number of aliphatic hydroxyl groups is 1. The number of benzene rings is 1. The maximum absolute atomic E-state index is 11.2. The number of anilines is 1. The van der Waals surface area contributed by atoms with Crippen molar-refractivity contribution >= 4 is 17.3 Å². The predicted molar refractivity (Wildman–Crippen MR) is 70.1 cm³/mol. The summed E-state index contributed by atoms with van der Waals surface area (Å²) in [5, 5.41) is 13.0. The van der Waals surface area contributed by atoms with Gasteiger partial charge in [-0.15, -0.1) is 0 Å². The van der Waals surface area contributed by atoms with Gasteiger partial charge in [0.05, 0.1) is 5.71 Å². The fraction of sp³-hybridized carbons (Fsp3) is 0.385. The number of hydrogen-bond donors (Lipinski definition) is 3. The summed E-state index contributed by atoms with van der Waals surface area (Å²) in [4.78, 5) is 11.2. The first-order valence-electron chi connectivity index (χ1n) is 5.98. The quantitative estimate of drug-likeness (QED) is 0.686. The van der Waals surface area contributed by atoms with E-state index in [0.29, 0.717) is 18.5 Å². The van der Waals surface area contributed by atoms with Crippen LogP contribution in [0.15, 0.2) is 23.3 Å². The molecule has 0 bridgehead atoms. The zero-order chi connectivity index (χ0) is 13.1. The number of carbonyl (C=O) groups is 1. The van der Waals surface area contributed by atoms with E-state index < -0.39 is 0 Å². The number of carbonyl (C=O) groups excluding carboxylic acids is 1. The van der Waals surface area contributed by atoms with Crippen LogP contribution >= 0.6 is 0 Å². The predicted octanol–water partition coefficient (Wildman–Crippen LogP) is 0.664. The van der Waals surface area contributed by atoms with E-state index in [2.05, 4.69) is 10.5 Å². The van der Waals surface area contributed by atoms with Gasteiger partial charge in [0, 0.05) is 30.2 Å². The van der Waals surface area contributed by atoms with Crippen LogP contribution in [-0.2, 0) is 11.2 Å². The van der Waals surface area contributed by atoms with Gasteiger partial charge in [-0.25, -0.2) is 5.43 Å². The third kappa shape index (κ3) is 2.51. The lowest BCUT2D eigenvalue weighted by Crippen LogP contribution is -2.32. The molecule has 0 aliphatic carbocycles. The van der Waals surface area contributed by atoms with E-state index in [9.17, 15) is 4.79 Å². The number of rotatable bonds is 3. The summed E-state index contributed by atoms with van der Waals surface area (Å²) in [6.07, 6.45) is 1.01. The summed E-state index contributed by atoms with van der Waals surface area (Å²) in [6.45, 7) is 2.06. The van der Waals surface area contributed by atoms with Gasteiger partial charge in [0.25, 0.3) is 0 Å². The summed E-state index contributed by atoms with van der Waals surface area (Å²) >= 11 is 0. The fourth-order valence-corrected chi connectivity index (χ4v) is 2.11. The van der Waals surface area contributed by atoms with Gasteiger partial charge in [-0.3, -0.25) is 4.79 Å². The Labute approximate surface area is 106 Å². The van der Waals surface area contributed by atoms with Crippen molar-refractivity contribution in [2.24, 2.45) is 11.0 Å². The van der Waals surface area contributed by atoms with Gasteiger partial charge in [0.15, 0.2) is 0 Å². The van der Waals surface area contributed by atoms with Crippen LogP contribution in [0.3, 0.4) is 0 Å². The second-order valence-electron chi connectivity index (χ2n) is 4.53. The Hall–Kier alpha value is -1.88. The number of nitrogens with one attached hydrogen (secondary N) is 1. The minimum atomic E-state index is -0.0678. The Bertz CT molecular complexity index is 497. The molecular weight excluding hydrogens is 230 g/mol. The number of hydrogen-bond acceptors (Lipinski definition) is 4. The summed E-state index contributed by atoms with van der Waals surface area (Å²) in [5.74, 6) is -0.00790. The first-order valence-corrected chi connectivity index (χ1v) is 5.98. The maximum atomic E-state index is 11.2. The average Bonchev–Trinajstić information content (AvgIpc) is 2.31. The molecule has 5 heteroatoms. The van der Waals surface area contributed by atoms with Crippen molar-refractivity contribution in [3.63, 3.8) is 0 Å². The molecule has 0 aromatic heterocycles. The highest BCUT2D eigenvalue weighted by Gasteiger charge is 2.22. The first-order chi connectivity index (χ1) is 8.61. The lowest BCUT2D eigenvalue weighted by molar-refractivity contribution is -0.121. The van der Waals surface area contributed by atoms with E-state index in [-0.39, 0.29) is 18.4 Å². The van der Waals surface area contributed by atoms with Crippen molar-refractivity contribution in [1.82, 2.24) is 5.43 Å². The van der Waals surface area contributed by atoms with Gasteiger partial charge in [-0.05, 0) is 18.1 Å². The Morgan fingerprint density at radius 1 is 1.56 bits per heavy atom. The molecule has 1 amide bonds. The van der Waals surface area contributed by atoms with Gasteiger partial charge in [-0.1, -0.05) is 19.1 Å². The Balaban J connectivity index is 2.31. The molecule has 0 radical (unpaired) electrons. The fourth-order valence-electron chi connectivity index (χ4n) is 2.11. The monoisotopic (exact) mass is 247 g/mol. The zero-order valence-corrected chi connectivity index (χ0v) is 10.3. The van der Waals surface area contributed by atoms with Crippen molar-refractivity contribution in [3.8, 4) is 0 Å². The highest BCUT2D eigenvalue weighted by molar-refractivity contribution is 6.08. The lowest BCUT2D eigenvalue weighted by atomic mass is 9.92. The second-order valence-corrected chi connectivity index (χ2v) is 4.53. The Morgan fingerprint density at radius 3 is 2.94 bits per heavy atom. The molecule has 1 aliphatic rings. The molecule has 0 saturated carbocycles. The minimum absolute atomic E-state index is 0.0599. The van der Waals surface area contributed by atoms with Gasteiger partial charge in [0.1, 0.15) is 0 Å². The molecule has 1 aromatic carbocycles. The van der Waals surface area contributed by atoms with Crippen LogP contribution < -0.4 is 11.2 Å². The van der Waals surface area contributed by atoms with Gasteiger partial charge >= 0.3 is 0 Å². The summed E-state index contributed by atoms with van der Waals surface area (Å²) in [7, 11) is 0. The minimum Gasteiger partial charge on any atom is -0.398 e. The van der Waals surface area contributed by atoms with Crippen molar-refractivity contribution < 1.29 is 9.90 Å². The normalized spacial score (nSPS) is 19.3. The summed E-state index contributed by atoms with van der Waals surface area (Å²) < 4.78 is 0. The lowest BCUT2D eigenvalue weighted by Gasteiger charge is -2.20. The molecule has 1 atom stereocenters. The van der Waals surface area contributed by atoms with E-state index in [1.165, 1.54) is 0 Å². The van der Waals surface area contributed by atoms with Gasteiger partial charge < -0.3 is 10.8 Å². The third-order valence-corrected chi connectivity index (χ3v) is 3.05. The van der Waals surface area contributed by atoms with Crippen molar-refractivity contribution in [1.29, 1.82) is 0 Å². The highest BCUT2D eigenvalue weighted by atomic mass is 16.2. The molecule has 0 spiro atoms. The molecule has 1 aromatic rings. The smallest absolute Gasteiger partial charge is 0.240 e. The van der Waals surface area contributed by atoms with Crippen LogP contribution in [0, 0.1) is 5.92 Å². The number of amides is 1. The molecule has 1 unspecified atom stereocenters. The molecule has 5 nitrogen and oxygen atoms in total. The summed E-state index contributed by atoms with van der Waals surface area (Å²) in [6, 6.07) is 5.66. The first kappa shape index (κ1) is 12.6. The number of nitrogens with zero attached hydrogens (tertiary/aromatic N) is 1. The van der Waals surface area contributed by atoms with Crippen LogP contribution in [0.1, 0.15) is 24.5 Å². The SMILES string of the molecule is CC1CC(=O)NN=C1c1ccc(CCO)cc1N. The highest BCUT2D eigenvalue weighted by Crippen LogP contribution is 2.22. The van der Waals surface area contributed by atoms with Gasteiger partial charge in [-0.2, -0.15) is 5.10 Å². The van der Waals surface area contributed by atoms with Crippen molar-refractivity contribution in [3.05, 3.63) is 29.3 Å². The van der Waals surface area contributed by atoms with E-state index >= 15 is 0 Å². The van der Waals surface area contributed by atoms with E-state index in [1.807, 2.05) is 25.1 Å². The maximum Gasteiger partial charge on any atom is 0.240 e. The number of hydrazone groups is 1. The van der Waals surface area contributed by atoms with Crippen LogP contribution in [-0.4, -0.2) is 23.3 Å². The van der Waals surface area contributed by atoms with Gasteiger partial charge in [0.2, 0.25) is 5.91 Å². The van der Waals surface area contributed by atoms with Crippen LogP contribution in [0.4, 0.5) is 5.69 Å². The molecule has 1 heterocycles. The average molecular weight is 247 g/mol. The Kier molecular flexibility index (Phi) is 3.62. The van der Waals surface area contributed by atoms with E-state index in [1.54, 1.807) is 0 Å². The molecule has 18 heavy (non-hydrogen) atoms. The second kappa shape index (κ2) is 5.18.